The van der Waals surface area contributed by atoms with E-state index in [1.165, 1.54) is 36.0 Å². The number of halogens is 3. The molecular formula is C14H11F3OS. The van der Waals surface area contributed by atoms with Crippen LogP contribution >= 0.6 is 11.8 Å². The lowest BCUT2D eigenvalue weighted by atomic mass is 10.1. The van der Waals surface area contributed by atoms with Gasteiger partial charge in [-0.1, -0.05) is 18.2 Å². The molecule has 100 valence electrons. The van der Waals surface area contributed by atoms with Crippen molar-refractivity contribution in [1.82, 2.24) is 0 Å². The van der Waals surface area contributed by atoms with Gasteiger partial charge in [-0.2, -0.15) is 0 Å². The lowest BCUT2D eigenvalue weighted by Crippen LogP contribution is -2.05. The van der Waals surface area contributed by atoms with Crippen LogP contribution in [-0.4, -0.2) is 10.9 Å². The molecule has 0 aliphatic rings. The van der Waals surface area contributed by atoms with Gasteiger partial charge in [-0.25, -0.2) is 13.2 Å². The number of thioether (sulfide) groups is 1. The second kappa shape index (κ2) is 6.12. The number of hydrogen-bond donors (Lipinski definition) is 1. The summed E-state index contributed by atoms with van der Waals surface area (Å²) in [6, 6.07) is 9.52. The van der Waals surface area contributed by atoms with Crippen LogP contribution in [0.15, 0.2) is 47.4 Å². The molecule has 0 bridgehead atoms. The zero-order valence-electron chi connectivity index (χ0n) is 9.82. The minimum Gasteiger partial charge on any atom is -0.387 e. The van der Waals surface area contributed by atoms with E-state index in [0.717, 1.165) is 6.07 Å². The molecule has 0 saturated carbocycles. The summed E-state index contributed by atoms with van der Waals surface area (Å²) in [5.74, 6) is -2.30. The van der Waals surface area contributed by atoms with Crippen molar-refractivity contribution >= 4 is 11.8 Å². The van der Waals surface area contributed by atoms with E-state index in [2.05, 4.69) is 0 Å². The maximum Gasteiger partial charge on any atom is 0.164 e. The van der Waals surface area contributed by atoms with Crippen molar-refractivity contribution < 1.29 is 18.3 Å². The molecule has 0 heterocycles. The molecule has 5 heteroatoms. The normalized spacial score (nSPS) is 12.4. The Morgan fingerprint density at radius 1 is 1.05 bits per heavy atom. The van der Waals surface area contributed by atoms with Gasteiger partial charge in [0.1, 0.15) is 5.82 Å². The van der Waals surface area contributed by atoms with Gasteiger partial charge in [0.25, 0.3) is 0 Å². The van der Waals surface area contributed by atoms with Crippen molar-refractivity contribution in [2.24, 2.45) is 0 Å². The molecule has 0 saturated heterocycles. The third-order valence-electron chi connectivity index (χ3n) is 2.54. The fraction of sp³-hybridized carbons (Fsp3) is 0.143. The summed E-state index contributed by atoms with van der Waals surface area (Å²) in [5.41, 5.74) is -0.0936. The second-order valence-corrected chi connectivity index (χ2v) is 5.02. The predicted molar refractivity (Wildman–Crippen MR) is 68.4 cm³/mol. The summed E-state index contributed by atoms with van der Waals surface area (Å²) < 4.78 is 39.4. The Morgan fingerprint density at radius 2 is 1.79 bits per heavy atom. The first-order valence-electron chi connectivity index (χ1n) is 5.58. The first kappa shape index (κ1) is 14.0. The summed E-state index contributed by atoms with van der Waals surface area (Å²) in [7, 11) is 0. The Labute approximate surface area is 113 Å². The van der Waals surface area contributed by atoms with Gasteiger partial charge in [0, 0.05) is 16.2 Å². The second-order valence-electron chi connectivity index (χ2n) is 3.93. The molecular weight excluding hydrogens is 273 g/mol. The number of rotatable bonds is 4. The smallest absolute Gasteiger partial charge is 0.164 e. The summed E-state index contributed by atoms with van der Waals surface area (Å²) >= 11 is 1.17. The molecule has 0 aliphatic heterocycles. The van der Waals surface area contributed by atoms with Gasteiger partial charge in [0.2, 0.25) is 0 Å². The third-order valence-corrected chi connectivity index (χ3v) is 3.61. The molecule has 2 rings (SSSR count). The van der Waals surface area contributed by atoms with Gasteiger partial charge < -0.3 is 5.11 Å². The molecule has 0 amide bonds. The molecule has 0 spiro atoms. The van der Waals surface area contributed by atoms with Crippen molar-refractivity contribution in [1.29, 1.82) is 0 Å². The summed E-state index contributed by atoms with van der Waals surface area (Å²) in [5, 5.41) is 9.84. The van der Waals surface area contributed by atoms with Gasteiger partial charge in [-0.15, -0.1) is 11.8 Å². The largest absolute Gasteiger partial charge is 0.387 e. The Balaban J connectivity index is 2.05. The summed E-state index contributed by atoms with van der Waals surface area (Å²) in [6.45, 7) is 0. The fourth-order valence-electron chi connectivity index (χ4n) is 1.60. The molecule has 1 unspecified atom stereocenters. The molecule has 1 nitrogen and oxygen atoms in total. The average Bonchev–Trinajstić information content (AvgIpc) is 2.39. The Hall–Kier alpha value is -1.46. The van der Waals surface area contributed by atoms with E-state index >= 15 is 0 Å². The Bertz CT molecular complexity index is 574. The zero-order chi connectivity index (χ0) is 13.8. The number of hydrogen-bond acceptors (Lipinski definition) is 2. The minimum absolute atomic E-state index is 0.0936. The minimum atomic E-state index is -1.15. The molecule has 1 N–H and O–H groups in total. The maximum atomic E-state index is 13.4. The lowest BCUT2D eigenvalue weighted by Gasteiger charge is -2.12. The monoisotopic (exact) mass is 284 g/mol. The van der Waals surface area contributed by atoms with Gasteiger partial charge in [0.15, 0.2) is 11.6 Å². The van der Waals surface area contributed by atoms with Crippen LogP contribution in [0.1, 0.15) is 11.7 Å². The van der Waals surface area contributed by atoms with Gasteiger partial charge >= 0.3 is 0 Å². The highest BCUT2D eigenvalue weighted by molar-refractivity contribution is 7.99. The SMILES string of the molecule is OC(CSc1cccc(F)c1)c1cccc(F)c1F. The van der Waals surface area contributed by atoms with E-state index in [9.17, 15) is 18.3 Å². The van der Waals surface area contributed by atoms with Crippen LogP contribution in [0, 0.1) is 17.5 Å². The first-order chi connectivity index (χ1) is 9.08. The van der Waals surface area contributed by atoms with Gasteiger partial charge in [0.05, 0.1) is 6.10 Å². The van der Waals surface area contributed by atoms with Crippen LogP contribution in [0.2, 0.25) is 0 Å². The fourth-order valence-corrected chi connectivity index (χ4v) is 2.50. The van der Waals surface area contributed by atoms with Gasteiger partial charge in [-0.05, 0) is 24.3 Å². The van der Waals surface area contributed by atoms with Crippen LogP contribution in [0.4, 0.5) is 13.2 Å². The van der Waals surface area contributed by atoms with E-state index in [0.29, 0.717) is 4.90 Å². The molecule has 2 aromatic carbocycles. The molecule has 2 aromatic rings. The predicted octanol–water partition coefficient (Wildman–Crippen LogP) is 3.93. The zero-order valence-corrected chi connectivity index (χ0v) is 10.6. The average molecular weight is 284 g/mol. The van der Waals surface area contributed by atoms with Crippen molar-refractivity contribution in [3.05, 3.63) is 65.5 Å². The van der Waals surface area contributed by atoms with Crippen molar-refractivity contribution in [2.45, 2.75) is 11.0 Å². The molecule has 0 aliphatic carbocycles. The van der Waals surface area contributed by atoms with Crippen molar-refractivity contribution in [2.75, 3.05) is 5.75 Å². The van der Waals surface area contributed by atoms with Gasteiger partial charge in [-0.3, -0.25) is 0 Å². The highest BCUT2D eigenvalue weighted by atomic mass is 32.2. The highest BCUT2D eigenvalue weighted by Crippen LogP contribution is 2.27. The standard InChI is InChI=1S/C14H11F3OS/c15-9-3-1-4-10(7-9)19-8-13(18)11-5-2-6-12(16)14(11)17/h1-7,13,18H,8H2. The molecule has 0 fully saturated rings. The van der Waals surface area contributed by atoms with Crippen molar-refractivity contribution in [3.63, 3.8) is 0 Å². The third kappa shape index (κ3) is 3.52. The van der Waals surface area contributed by atoms with E-state index in [4.69, 9.17) is 0 Å². The van der Waals surface area contributed by atoms with Crippen molar-refractivity contribution in [3.8, 4) is 0 Å². The Morgan fingerprint density at radius 3 is 2.53 bits per heavy atom. The number of aliphatic hydroxyl groups excluding tert-OH is 1. The number of aliphatic hydroxyl groups is 1. The molecule has 1 atom stereocenters. The number of benzene rings is 2. The van der Waals surface area contributed by atoms with Crippen LogP contribution in [0.5, 0.6) is 0 Å². The van der Waals surface area contributed by atoms with Crippen LogP contribution in [0.3, 0.4) is 0 Å². The van der Waals surface area contributed by atoms with E-state index in [1.807, 2.05) is 0 Å². The van der Waals surface area contributed by atoms with E-state index < -0.39 is 17.7 Å². The lowest BCUT2D eigenvalue weighted by molar-refractivity contribution is 0.197. The maximum absolute atomic E-state index is 13.4. The van der Waals surface area contributed by atoms with Crippen LogP contribution < -0.4 is 0 Å². The topological polar surface area (TPSA) is 20.2 Å². The quantitative estimate of drug-likeness (QED) is 0.858. The van der Waals surface area contributed by atoms with Crippen LogP contribution in [-0.2, 0) is 0 Å². The summed E-state index contributed by atoms with van der Waals surface area (Å²) in [6.07, 6.45) is -1.15. The summed E-state index contributed by atoms with van der Waals surface area (Å²) in [4.78, 5) is 0.621. The first-order valence-corrected chi connectivity index (χ1v) is 6.57. The van der Waals surface area contributed by atoms with E-state index in [-0.39, 0.29) is 17.1 Å². The van der Waals surface area contributed by atoms with E-state index in [1.54, 1.807) is 12.1 Å². The van der Waals surface area contributed by atoms with Crippen LogP contribution in [0.25, 0.3) is 0 Å². The molecule has 19 heavy (non-hydrogen) atoms. The Kier molecular flexibility index (Phi) is 4.50. The highest BCUT2D eigenvalue weighted by Gasteiger charge is 2.16. The molecule has 0 radical (unpaired) electrons. The molecule has 0 aromatic heterocycles.